The van der Waals surface area contributed by atoms with Gasteiger partial charge in [0, 0.05) is 6.61 Å². The van der Waals surface area contributed by atoms with Crippen LogP contribution in [0.25, 0.3) is 0 Å². The van der Waals surface area contributed by atoms with Crippen LogP contribution in [0.3, 0.4) is 0 Å². The summed E-state index contributed by atoms with van der Waals surface area (Å²) in [6.45, 7) is 4.43. The molecule has 10 atom stereocenters. The summed E-state index contributed by atoms with van der Waals surface area (Å²) >= 11 is 16.9. The molecule has 0 radical (unpaired) electrons. The quantitative estimate of drug-likeness (QED) is 0.0130. The van der Waals surface area contributed by atoms with Crippen LogP contribution in [0.2, 0.25) is 0 Å². The lowest BCUT2D eigenvalue weighted by Crippen LogP contribution is -2.36. The van der Waals surface area contributed by atoms with Gasteiger partial charge in [0.15, 0.2) is 57.5 Å². The molecule has 0 spiro atoms. The first-order valence-corrected chi connectivity index (χ1v) is 44.5. The van der Waals surface area contributed by atoms with Gasteiger partial charge in [0.25, 0.3) is 0 Å². The number of ether oxygens (including phenoxy) is 15. The first-order valence-electron chi connectivity index (χ1n) is 43.4. The van der Waals surface area contributed by atoms with E-state index in [1.54, 1.807) is 107 Å². The van der Waals surface area contributed by atoms with Crippen molar-refractivity contribution in [1.82, 2.24) is 0 Å². The average molecular weight is 1790 g/mol. The average Bonchev–Trinajstić information content (AvgIpc) is 0.888. The minimum atomic E-state index is -1.60. The van der Waals surface area contributed by atoms with E-state index in [1.165, 1.54) is 31.2 Å². The Kier molecular flexibility index (Phi) is 49.6. The van der Waals surface area contributed by atoms with Crippen LogP contribution in [0.4, 0.5) is 0 Å². The first kappa shape index (κ1) is 104. The van der Waals surface area contributed by atoms with Crippen LogP contribution in [0.15, 0.2) is 152 Å². The molecule has 12 rings (SSSR count). The highest BCUT2D eigenvalue weighted by Crippen LogP contribution is 2.36. The van der Waals surface area contributed by atoms with Gasteiger partial charge < -0.3 is 102 Å². The summed E-state index contributed by atoms with van der Waals surface area (Å²) in [4.78, 5) is 24.1. The number of hydrogen-bond acceptors (Lipinski definition) is 23. The number of nitrogens with one attached hydrogen (secondary N) is 1. The van der Waals surface area contributed by atoms with Gasteiger partial charge in [-0.3, -0.25) is 0 Å². The van der Waals surface area contributed by atoms with Crippen LogP contribution in [0, 0.1) is 11.3 Å². The summed E-state index contributed by atoms with van der Waals surface area (Å²) in [6, 6.07) is 47.2. The lowest BCUT2D eigenvalue weighted by Gasteiger charge is -2.31. The predicted molar refractivity (Wildman–Crippen MR) is 487 cm³/mol. The third-order valence-corrected chi connectivity index (χ3v) is 23.0. The molecular weight excluding hydrogens is 1650 g/mol. The van der Waals surface area contributed by atoms with E-state index < -0.39 is 22.1 Å². The summed E-state index contributed by atoms with van der Waals surface area (Å²) in [5.74, 6) is 7.35. The van der Waals surface area contributed by atoms with Crippen molar-refractivity contribution in [2.75, 3.05) is 97.5 Å². The van der Waals surface area contributed by atoms with E-state index in [4.69, 9.17) is 127 Å². The Morgan fingerprint density at radius 3 is 0.952 bits per heavy atom. The molecule has 5 aliphatic carbocycles. The smallest absolute Gasteiger partial charge is 0.338 e. The van der Waals surface area contributed by atoms with E-state index in [0.717, 1.165) is 187 Å². The number of benzene rings is 7. The molecule has 23 nitrogen and oxygen atoms in total. The summed E-state index contributed by atoms with van der Waals surface area (Å²) in [6.07, 6.45) is 23.7. The number of carbonyl (C=O) groups is 2. The summed E-state index contributed by atoms with van der Waals surface area (Å²) in [5, 5.41) is 53.7. The van der Waals surface area contributed by atoms with Gasteiger partial charge in [-0.15, -0.1) is 0 Å². The van der Waals surface area contributed by atoms with Crippen molar-refractivity contribution in [1.29, 1.82) is 5.41 Å². The Bertz CT molecular complexity index is 4050. The molecule has 5 saturated carbocycles. The first-order chi connectivity index (χ1) is 60.0. The Balaban J connectivity index is 0.000000229. The van der Waals surface area contributed by atoms with Crippen molar-refractivity contribution in [3.63, 3.8) is 0 Å². The summed E-state index contributed by atoms with van der Waals surface area (Å²) in [7, 11) is 16.2. The van der Waals surface area contributed by atoms with Crippen molar-refractivity contribution in [2.45, 2.75) is 239 Å². The number of halogens is 3. The highest BCUT2D eigenvalue weighted by molar-refractivity contribution is 6.76. The monoisotopic (exact) mass is 1780 g/mol. The largest absolute Gasteiger partial charge is 0.493 e. The third-order valence-electron chi connectivity index (χ3n) is 22.3. The van der Waals surface area contributed by atoms with Gasteiger partial charge in [-0.2, -0.15) is 0 Å². The van der Waals surface area contributed by atoms with Gasteiger partial charge in [-0.1, -0.05) is 160 Å². The molecule has 0 heterocycles. The molecule has 5 aliphatic rings. The van der Waals surface area contributed by atoms with Crippen LogP contribution >= 0.6 is 34.8 Å². The fourth-order valence-electron chi connectivity index (χ4n) is 15.0. The molecule has 26 heteroatoms. The van der Waals surface area contributed by atoms with Crippen LogP contribution in [-0.4, -0.2) is 199 Å². The zero-order valence-electron chi connectivity index (χ0n) is 74.4. The van der Waals surface area contributed by atoms with Crippen molar-refractivity contribution in [3.05, 3.63) is 191 Å². The molecule has 6 N–H and O–H groups in total. The number of aliphatic hydroxyl groups is 5. The van der Waals surface area contributed by atoms with Gasteiger partial charge in [0.05, 0.1) is 150 Å². The number of esters is 2. The highest BCUT2D eigenvalue weighted by atomic mass is 35.6. The minimum Gasteiger partial charge on any atom is -0.493 e. The fraction of sp³-hybridized carbons (Fsp3) is 0.541. The Hall–Kier alpha value is -8.30. The zero-order chi connectivity index (χ0) is 90.0. The van der Waals surface area contributed by atoms with E-state index >= 15 is 0 Å². The summed E-state index contributed by atoms with van der Waals surface area (Å²) in [5.41, 5.74) is 6.86. The number of carbonyl (C=O) groups excluding carboxylic acids is 2. The number of alkyl halides is 3. The molecule has 7 aromatic carbocycles. The number of aliphatic hydroxyl groups excluding tert-OH is 5. The highest BCUT2D eigenvalue weighted by Gasteiger charge is 2.32. The van der Waals surface area contributed by atoms with Crippen molar-refractivity contribution in [2.24, 2.45) is 5.92 Å². The Morgan fingerprint density at radius 1 is 0.339 bits per heavy atom. The molecule has 0 bridgehead atoms. The van der Waals surface area contributed by atoms with Crippen LogP contribution < -0.4 is 47.4 Å². The number of rotatable bonds is 32. The van der Waals surface area contributed by atoms with Gasteiger partial charge in [-0.25, -0.2) is 9.59 Å². The second-order valence-electron chi connectivity index (χ2n) is 31.0. The van der Waals surface area contributed by atoms with Crippen LogP contribution in [0.1, 0.15) is 197 Å². The molecular formula is C98H136Cl3NO22. The van der Waals surface area contributed by atoms with Crippen LogP contribution in [-0.2, 0) is 55.8 Å². The van der Waals surface area contributed by atoms with Gasteiger partial charge >= 0.3 is 11.9 Å². The fourth-order valence-corrected chi connectivity index (χ4v) is 15.2. The molecule has 124 heavy (non-hydrogen) atoms. The van der Waals surface area contributed by atoms with Crippen LogP contribution in [0.5, 0.6) is 57.5 Å². The number of hydrogen-bond donors (Lipinski definition) is 6. The van der Waals surface area contributed by atoms with Gasteiger partial charge in [0.2, 0.25) is 3.79 Å². The molecule has 0 aromatic heterocycles. The van der Waals surface area contributed by atoms with Gasteiger partial charge in [0.1, 0.15) is 12.2 Å². The standard InChI is InChI=1S/C23H28O5.C17H26O3.C16H24O4.C13H16Cl3NO2.C13H16O3.C10H14O3.C6H12O2/c1-25-19-13-12-17(16-22(19)26-2)14-15-27-20-10-6-7-11-21(20)28-23(24)18-8-4-3-5-9-18;1-13-6-4-5-7-15(13)20-11-10-14-8-9-16(18-2)17(12-14)19-3;1-18-15-8-7-12(11-16(15)19-2)9-10-20-14-6-4-3-5-13(14)17;1-18-10-7-6-9(8-11(10)19-2)4-3-5-12(17)13(14,15)16;14-11-8-4-5-9-12(11)16-13(15)10-6-2-1-3-7-10;1-12-9-4-3-8(5-6-11)7-10(9)13-2;7-5-3-1-2-4-6(5)8/h3-5,8-9,12-13,16,20-21H,6-7,10-11,14-15H2,1-2H3;8-9,12-13,15H,4-7,10-11H2,1-3H3;7-8,11,13-14,17H,3-6,9-10H2,1-2H3;6-8,17H,3-5H2,1-2H3;1-3,6-7,11-12,14H,4-5,8-9H2;3-4,7,11H,5-6H2,1-2H3;5-8H,1-4H2/t20-,21+;13-,15+;13-,14+;;11-,12+;;5-,6+/m100.1../s1. The van der Waals surface area contributed by atoms with Crippen molar-refractivity contribution < 1.29 is 106 Å². The molecule has 5 fully saturated rings. The van der Waals surface area contributed by atoms with E-state index in [-0.39, 0.29) is 54.8 Å². The Morgan fingerprint density at radius 2 is 0.621 bits per heavy atom. The molecule has 0 saturated heterocycles. The second kappa shape index (κ2) is 58.9. The SMILES string of the molecule is COc1ccc(CCCC(=N)C(Cl)(Cl)Cl)cc1OC.COc1ccc(CCO)cc1OC.COc1ccc(CCO[C@@H]2CCCC[C@@H]2C)cc1OC.COc1ccc(CCO[C@@H]2CCCC[C@@H]2O)cc1OC.COc1ccc(CCO[C@@H]2CCCC[C@@H]2OC(=O)c2ccccc2)cc1OC.O=C(O[C@H]1CCCC[C@H]1O)c1ccccc1.O[C@@H]1CCCC[C@@H]1O. The number of aryl methyl sites for hydroxylation is 1. The molecule has 7 aromatic rings. The predicted octanol–water partition coefficient (Wildman–Crippen LogP) is 18.9. The topological polar surface area (TPSA) is 298 Å². The van der Waals surface area contributed by atoms with Crippen molar-refractivity contribution in [3.8, 4) is 57.5 Å². The lowest BCUT2D eigenvalue weighted by molar-refractivity contribution is -0.0701. The van der Waals surface area contributed by atoms with E-state index in [2.05, 4.69) is 13.0 Å². The number of methoxy groups -OCH3 is 10. The van der Waals surface area contributed by atoms with E-state index in [0.29, 0.717) is 83.7 Å². The van der Waals surface area contributed by atoms with Gasteiger partial charge in [-0.05, 0) is 241 Å². The molecule has 0 unspecified atom stereocenters. The maximum absolute atomic E-state index is 12.4. The van der Waals surface area contributed by atoms with E-state index in [1.807, 2.05) is 109 Å². The van der Waals surface area contributed by atoms with Crippen molar-refractivity contribution >= 4 is 52.5 Å². The third kappa shape index (κ3) is 37.3. The molecule has 0 aliphatic heterocycles. The summed E-state index contributed by atoms with van der Waals surface area (Å²) < 4.78 is 79.7. The molecule has 686 valence electrons. The maximum Gasteiger partial charge on any atom is 0.338 e. The lowest BCUT2D eigenvalue weighted by atomic mass is 9.88. The zero-order valence-corrected chi connectivity index (χ0v) is 76.7. The minimum absolute atomic E-state index is 0.00361. The second-order valence-corrected chi connectivity index (χ2v) is 33.3. The van der Waals surface area contributed by atoms with E-state index in [9.17, 15) is 19.8 Å². The normalized spacial score (nSPS) is 20.1. The molecule has 0 amide bonds. The Labute approximate surface area is 750 Å². The maximum atomic E-state index is 12.4.